The molecular weight excluding hydrogens is 256 g/mol. The van der Waals surface area contributed by atoms with Crippen molar-refractivity contribution >= 4 is 23.3 Å². The van der Waals surface area contributed by atoms with E-state index in [1.807, 2.05) is 6.20 Å². The fourth-order valence-corrected chi connectivity index (χ4v) is 3.11. The number of benzene rings is 1. The number of nitrogens with zero attached hydrogens (tertiary/aromatic N) is 1. The van der Waals surface area contributed by atoms with Crippen molar-refractivity contribution in [1.29, 1.82) is 0 Å². The summed E-state index contributed by atoms with van der Waals surface area (Å²) in [5.41, 5.74) is 2.83. The molecule has 0 saturated carbocycles. The highest BCUT2D eigenvalue weighted by atomic mass is 35.5. The van der Waals surface area contributed by atoms with Gasteiger partial charge in [0.2, 0.25) is 0 Å². The van der Waals surface area contributed by atoms with Crippen LogP contribution in [-0.2, 0) is 0 Å². The molecule has 0 radical (unpaired) electrons. The first-order chi connectivity index (χ1) is 8.66. The van der Waals surface area contributed by atoms with Crippen LogP contribution in [0.3, 0.4) is 0 Å². The molecule has 1 aliphatic rings. The van der Waals surface area contributed by atoms with Gasteiger partial charge in [0.1, 0.15) is 0 Å². The standard InChI is InChI=1S/C16H20N2.ClH/c1-16(2)11-12(7-10-18-16)13-8-9-17-15-6-4-3-5-14(13)15;/h3-6,8-9,12,18H,7,10-11H2,1-2H3;1H. The van der Waals surface area contributed by atoms with Gasteiger partial charge in [-0.25, -0.2) is 0 Å². The van der Waals surface area contributed by atoms with Crippen molar-refractivity contribution in [3.8, 4) is 0 Å². The van der Waals surface area contributed by atoms with Crippen LogP contribution in [0.25, 0.3) is 10.9 Å². The molecule has 1 aromatic carbocycles. The molecule has 0 bridgehead atoms. The molecule has 1 N–H and O–H groups in total. The Morgan fingerprint density at radius 3 is 2.79 bits per heavy atom. The molecule has 1 aliphatic heterocycles. The van der Waals surface area contributed by atoms with Crippen molar-refractivity contribution < 1.29 is 0 Å². The molecule has 0 aliphatic carbocycles. The highest BCUT2D eigenvalue weighted by molar-refractivity contribution is 5.85. The summed E-state index contributed by atoms with van der Waals surface area (Å²) >= 11 is 0. The fourth-order valence-electron chi connectivity index (χ4n) is 3.11. The number of hydrogen-bond donors (Lipinski definition) is 1. The van der Waals surface area contributed by atoms with Crippen molar-refractivity contribution in [2.24, 2.45) is 0 Å². The lowest BCUT2D eigenvalue weighted by molar-refractivity contribution is 0.276. The largest absolute Gasteiger partial charge is 0.312 e. The van der Waals surface area contributed by atoms with Crippen LogP contribution in [0, 0.1) is 0 Å². The van der Waals surface area contributed by atoms with Crippen molar-refractivity contribution in [2.75, 3.05) is 6.54 Å². The van der Waals surface area contributed by atoms with Gasteiger partial charge in [-0.3, -0.25) is 4.98 Å². The second-order valence-electron chi connectivity index (χ2n) is 5.92. The van der Waals surface area contributed by atoms with E-state index < -0.39 is 0 Å². The van der Waals surface area contributed by atoms with E-state index in [2.05, 4.69) is 54.5 Å². The molecule has 19 heavy (non-hydrogen) atoms. The summed E-state index contributed by atoms with van der Waals surface area (Å²) in [6.45, 7) is 5.69. The summed E-state index contributed by atoms with van der Waals surface area (Å²) in [6, 6.07) is 10.7. The molecule has 0 spiro atoms. The molecule has 3 heteroatoms. The maximum absolute atomic E-state index is 4.46. The average molecular weight is 277 g/mol. The van der Waals surface area contributed by atoms with E-state index in [0.717, 1.165) is 12.1 Å². The average Bonchev–Trinajstić information content (AvgIpc) is 2.37. The molecular formula is C16H21ClN2. The Kier molecular flexibility index (Phi) is 4.12. The van der Waals surface area contributed by atoms with Crippen LogP contribution >= 0.6 is 12.4 Å². The Hall–Kier alpha value is -1.12. The Morgan fingerprint density at radius 1 is 1.21 bits per heavy atom. The maximum Gasteiger partial charge on any atom is 0.0704 e. The zero-order chi connectivity index (χ0) is 12.6. The van der Waals surface area contributed by atoms with Gasteiger partial charge in [-0.15, -0.1) is 12.4 Å². The summed E-state index contributed by atoms with van der Waals surface area (Å²) in [5, 5.41) is 4.91. The van der Waals surface area contributed by atoms with Gasteiger partial charge in [-0.1, -0.05) is 18.2 Å². The van der Waals surface area contributed by atoms with E-state index in [1.165, 1.54) is 23.8 Å². The highest BCUT2D eigenvalue weighted by Crippen LogP contribution is 2.35. The molecule has 1 atom stereocenters. The molecule has 102 valence electrons. The van der Waals surface area contributed by atoms with Crippen LogP contribution in [0.5, 0.6) is 0 Å². The smallest absolute Gasteiger partial charge is 0.0704 e. The maximum atomic E-state index is 4.46. The van der Waals surface area contributed by atoms with Crippen LogP contribution in [0.4, 0.5) is 0 Å². The van der Waals surface area contributed by atoms with Crippen LogP contribution in [0.1, 0.15) is 38.2 Å². The van der Waals surface area contributed by atoms with Gasteiger partial charge >= 0.3 is 0 Å². The predicted molar refractivity (Wildman–Crippen MR) is 83.0 cm³/mol. The lowest BCUT2D eigenvalue weighted by Gasteiger charge is -2.37. The Labute approximate surface area is 121 Å². The molecule has 1 aromatic heterocycles. The molecule has 2 aromatic rings. The van der Waals surface area contributed by atoms with Crippen LogP contribution in [0.2, 0.25) is 0 Å². The fraction of sp³-hybridized carbons (Fsp3) is 0.438. The van der Waals surface area contributed by atoms with Gasteiger partial charge in [0.05, 0.1) is 5.52 Å². The summed E-state index contributed by atoms with van der Waals surface area (Å²) in [4.78, 5) is 4.46. The van der Waals surface area contributed by atoms with Gasteiger partial charge in [0.15, 0.2) is 0 Å². The molecule has 2 nitrogen and oxygen atoms in total. The van der Waals surface area contributed by atoms with Gasteiger partial charge in [-0.2, -0.15) is 0 Å². The van der Waals surface area contributed by atoms with Crippen molar-refractivity contribution in [3.63, 3.8) is 0 Å². The predicted octanol–water partition coefficient (Wildman–Crippen LogP) is 3.90. The third-order valence-corrected chi connectivity index (χ3v) is 3.98. The Balaban J connectivity index is 0.00000133. The monoisotopic (exact) mass is 276 g/mol. The number of nitrogens with one attached hydrogen (secondary N) is 1. The van der Waals surface area contributed by atoms with Gasteiger partial charge in [-0.05, 0) is 56.8 Å². The molecule has 3 rings (SSSR count). The summed E-state index contributed by atoms with van der Waals surface area (Å²) in [5.74, 6) is 0.647. The van der Waals surface area contributed by atoms with Crippen molar-refractivity contribution in [1.82, 2.24) is 10.3 Å². The normalized spacial score (nSPS) is 21.9. The second kappa shape index (κ2) is 5.48. The van der Waals surface area contributed by atoms with Crippen molar-refractivity contribution in [2.45, 2.75) is 38.1 Å². The van der Waals surface area contributed by atoms with Crippen molar-refractivity contribution in [3.05, 3.63) is 42.1 Å². The van der Waals surface area contributed by atoms with Gasteiger partial charge in [0.25, 0.3) is 0 Å². The minimum Gasteiger partial charge on any atom is -0.312 e. The van der Waals surface area contributed by atoms with Crippen LogP contribution < -0.4 is 5.32 Å². The van der Waals surface area contributed by atoms with E-state index in [1.54, 1.807) is 0 Å². The van der Waals surface area contributed by atoms with Gasteiger partial charge in [0, 0.05) is 17.1 Å². The number of fused-ring (bicyclic) bond motifs is 1. The zero-order valence-electron chi connectivity index (χ0n) is 11.5. The molecule has 2 heterocycles. The van der Waals surface area contributed by atoms with E-state index >= 15 is 0 Å². The SMILES string of the molecule is CC1(C)CC(c2ccnc3ccccc23)CCN1.Cl. The number of piperidine rings is 1. The Bertz CT molecular complexity index is 560. The quantitative estimate of drug-likeness (QED) is 0.854. The third kappa shape index (κ3) is 2.90. The first-order valence-electron chi connectivity index (χ1n) is 6.74. The second-order valence-corrected chi connectivity index (χ2v) is 5.92. The number of para-hydroxylation sites is 1. The number of halogens is 1. The minimum atomic E-state index is 0. The number of aromatic nitrogens is 1. The third-order valence-electron chi connectivity index (χ3n) is 3.98. The first-order valence-corrected chi connectivity index (χ1v) is 6.74. The number of rotatable bonds is 1. The van der Waals surface area contributed by atoms with Crippen LogP contribution in [-0.4, -0.2) is 17.1 Å². The van der Waals surface area contributed by atoms with E-state index in [9.17, 15) is 0 Å². The number of pyridine rings is 1. The van der Waals surface area contributed by atoms with Crippen LogP contribution in [0.15, 0.2) is 36.5 Å². The number of hydrogen-bond acceptors (Lipinski definition) is 2. The summed E-state index contributed by atoms with van der Waals surface area (Å²) in [7, 11) is 0. The topological polar surface area (TPSA) is 24.9 Å². The highest BCUT2D eigenvalue weighted by Gasteiger charge is 2.28. The van der Waals surface area contributed by atoms with E-state index in [4.69, 9.17) is 0 Å². The molecule has 0 amide bonds. The van der Waals surface area contributed by atoms with E-state index in [-0.39, 0.29) is 17.9 Å². The molecule has 1 fully saturated rings. The summed E-state index contributed by atoms with van der Waals surface area (Å²) < 4.78 is 0. The zero-order valence-corrected chi connectivity index (χ0v) is 12.3. The lowest BCUT2D eigenvalue weighted by Crippen LogP contribution is -2.45. The summed E-state index contributed by atoms with van der Waals surface area (Å²) in [6.07, 6.45) is 4.37. The van der Waals surface area contributed by atoms with E-state index in [0.29, 0.717) is 5.92 Å². The minimum absolute atomic E-state index is 0. The molecule has 1 saturated heterocycles. The first kappa shape index (κ1) is 14.3. The molecule has 1 unspecified atom stereocenters. The Morgan fingerprint density at radius 2 is 2.00 bits per heavy atom. The van der Waals surface area contributed by atoms with Gasteiger partial charge < -0.3 is 5.32 Å². The lowest BCUT2D eigenvalue weighted by atomic mass is 9.80.